The molecule has 0 saturated carbocycles. The summed E-state index contributed by atoms with van der Waals surface area (Å²) < 4.78 is 11.2. The van der Waals surface area contributed by atoms with Gasteiger partial charge in [-0.2, -0.15) is 0 Å². The molecule has 12 heavy (non-hydrogen) atoms. The van der Waals surface area contributed by atoms with Crippen molar-refractivity contribution in [3.8, 4) is 0 Å². The van der Waals surface area contributed by atoms with Crippen molar-refractivity contribution in [3.63, 3.8) is 0 Å². The summed E-state index contributed by atoms with van der Waals surface area (Å²) in [5, 5.41) is 0. The van der Waals surface area contributed by atoms with Gasteiger partial charge in [-0.05, 0) is 13.3 Å². The van der Waals surface area contributed by atoms with Crippen LogP contribution in [0.15, 0.2) is 0 Å². The highest BCUT2D eigenvalue weighted by Crippen LogP contribution is 2.38. The Kier molecular flexibility index (Phi) is 1.73. The standard InChI is InChI=1S/C9H14O3/c1-3-7-8-6(10)4-5-9(2,11-7)12-8/h7-8H,3-5H2,1-2H3/t7-,8-,9+/m0/s1. The predicted molar refractivity (Wildman–Crippen MR) is 42.7 cm³/mol. The third-order valence-electron chi connectivity index (χ3n) is 2.66. The fraction of sp³-hybridized carbons (Fsp3) is 0.889. The van der Waals surface area contributed by atoms with E-state index in [0.29, 0.717) is 12.8 Å². The van der Waals surface area contributed by atoms with Crippen LogP contribution in [0.25, 0.3) is 0 Å². The fourth-order valence-corrected chi connectivity index (χ4v) is 1.94. The van der Waals surface area contributed by atoms with Gasteiger partial charge in [-0.1, -0.05) is 6.92 Å². The molecule has 3 heteroatoms. The molecule has 0 radical (unpaired) electrons. The molecule has 2 rings (SSSR count). The SMILES string of the molecule is CC[C@@H]1O[C@@]2(C)CCC(=O)[C@@H]1O2. The van der Waals surface area contributed by atoms with Gasteiger partial charge in [-0.25, -0.2) is 0 Å². The van der Waals surface area contributed by atoms with Crippen molar-refractivity contribution < 1.29 is 14.3 Å². The van der Waals surface area contributed by atoms with Gasteiger partial charge in [0.2, 0.25) is 0 Å². The maximum Gasteiger partial charge on any atom is 0.167 e. The summed E-state index contributed by atoms with van der Waals surface area (Å²) in [7, 11) is 0. The highest BCUT2D eigenvalue weighted by atomic mass is 16.8. The second-order valence-electron chi connectivity index (χ2n) is 3.70. The molecule has 2 heterocycles. The molecule has 2 saturated heterocycles. The van der Waals surface area contributed by atoms with Gasteiger partial charge in [0, 0.05) is 12.8 Å². The Morgan fingerprint density at radius 2 is 2.33 bits per heavy atom. The molecule has 0 amide bonds. The van der Waals surface area contributed by atoms with Gasteiger partial charge in [0.25, 0.3) is 0 Å². The van der Waals surface area contributed by atoms with Gasteiger partial charge in [0.15, 0.2) is 11.6 Å². The third kappa shape index (κ3) is 1.08. The first-order chi connectivity index (χ1) is 5.64. The quantitative estimate of drug-likeness (QED) is 0.594. The number of ketones is 1. The molecule has 0 N–H and O–H groups in total. The van der Waals surface area contributed by atoms with Crippen LogP contribution in [0, 0.1) is 0 Å². The van der Waals surface area contributed by atoms with Gasteiger partial charge in [0.05, 0.1) is 6.10 Å². The lowest BCUT2D eigenvalue weighted by molar-refractivity contribution is -0.183. The average molecular weight is 170 g/mol. The molecule has 0 unspecified atom stereocenters. The van der Waals surface area contributed by atoms with Crippen molar-refractivity contribution >= 4 is 5.78 Å². The first-order valence-electron chi connectivity index (χ1n) is 4.53. The summed E-state index contributed by atoms with van der Waals surface area (Å²) in [5.74, 6) is -0.268. The smallest absolute Gasteiger partial charge is 0.167 e. The predicted octanol–water partition coefficient (Wildman–Crippen LogP) is 1.26. The number of rotatable bonds is 1. The van der Waals surface area contributed by atoms with Gasteiger partial charge in [-0.3, -0.25) is 4.79 Å². The van der Waals surface area contributed by atoms with Crippen molar-refractivity contribution in [2.24, 2.45) is 0 Å². The topological polar surface area (TPSA) is 35.5 Å². The lowest BCUT2D eigenvalue weighted by Crippen LogP contribution is -2.36. The molecule has 0 aromatic carbocycles. The molecule has 68 valence electrons. The second-order valence-corrected chi connectivity index (χ2v) is 3.70. The lowest BCUT2D eigenvalue weighted by atomic mass is 10.0. The summed E-state index contributed by atoms with van der Waals surface area (Å²) in [5.41, 5.74) is 0. The van der Waals surface area contributed by atoms with Crippen LogP contribution in [0.3, 0.4) is 0 Å². The molecule has 0 aromatic heterocycles. The van der Waals surface area contributed by atoms with E-state index in [1.165, 1.54) is 0 Å². The summed E-state index contributed by atoms with van der Waals surface area (Å²) in [4.78, 5) is 11.4. The number of Topliss-reactive ketones (excluding diaryl/α,β-unsaturated/α-hetero) is 1. The van der Waals surface area contributed by atoms with Crippen LogP contribution >= 0.6 is 0 Å². The lowest BCUT2D eigenvalue weighted by Gasteiger charge is -2.26. The minimum absolute atomic E-state index is 0.00926. The van der Waals surface area contributed by atoms with E-state index < -0.39 is 5.79 Å². The Morgan fingerprint density at radius 3 is 3.00 bits per heavy atom. The van der Waals surface area contributed by atoms with E-state index in [4.69, 9.17) is 9.47 Å². The Morgan fingerprint density at radius 1 is 1.58 bits per heavy atom. The van der Waals surface area contributed by atoms with Gasteiger partial charge >= 0.3 is 0 Å². The van der Waals surface area contributed by atoms with Crippen LogP contribution in [0.1, 0.15) is 33.1 Å². The molecule has 2 aliphatic rings. The summed E-state index contributed by atoms with van der Waals surface area (Å²) in [6.07, 6.45) is 1.88. The Labute approximate surface area is 72.0 Å². The van der Waals surface area contributed by atoms with Crippen LogP contribution < -0.4 is 0 Å². The zero-order valence-corrected chi connectivity index (χ0v) is 7.50. The molecule has 3 nitrogen and oxygen atoms in total. The summed E-state index contributed by atoms with van der Waals surface area (Å²) >= 11 is 0. The number of hydrogen-bond donors (Lipinski definition) is 0. The van der Waals surface area contributed by atoms with Crippen molar-refractivity contribution in [2.75, 3.05) is 0 Å². The van der Waals surface area contributed by atoms with E-state index in [-0.39, 0.29) is 18.0 Å². The average Bonchev–Trinajstić information content (AvgIpc) is 2.34. The monoisotopic (exact) mass is 170 g/mol. The number of carbonyl (C=O) groups is 1. The molecule has 2 aliphatic heterocycles. The molecule has 2 fully saturated rings. The summed E-state index contributed by atoms with van der Waals surface area (Å²) in [6.45, 7) is 3.94. The van der Waals surface area contributed by atoms with Gasteiger partial charge in [-0.15, -0.1) is 0 Å². The van der Waals surface area contributed by atoms with Crippen LogP contribution in [0.4, 0.5) is 0 Å². The van der Waals surface area contributed by atoms with E-state index in [0.717, 1.165) is 6.42 Å². The maximum atomic E-state index is 11.4. The number of hydrogen-bond acceptors (Lipinski definition) is 3. The zero-order chi connectivity index (χ0) is 8.77. The molecule has 2 bridgehead atoms. The highest BCUT2D eigenvalue weighted by Gasteiger charge is 2.50. The largest absolute Gasteiger partial charge is 0.344 e. The highest BCUT2D eigenvalue weighted by molar-refractivity contribution is 5.84. The number of ether oxygens (including phenoxy) is 2. The van der Waals surface area contributed by atoms with Gasteiger partial charge < -0.3 is 9.47 Å². The van der Waals surface area contributed by atoms with Crippen LogP contribution in [0.2, 0.25) is 0 Å². The van der Waals surface area contributed by atoms with Crippen LogP contribution in [-0.4, -0.2) is 23.8 Å². The zero-order valence-electron chi connectivity index (χ0n) is 7.50. The van der Waals surface area contributed by atoms with E-state index in [1.54, 1.807) is 0 Å². The minimum atomic E-state index is -0.473. The molecule has 0 aliphatic carbocycles. The number of fused-ring (bicyclic) bond motifs is 2. The van der Waals surface area contributed by atoms with Gasteiger partial charge in [0.1, 0.15) is 6.10 Å². The van der Waals surface area contributed by atoms with Crippen molar-refractivity contribution in [1.29, 1.82) is 0 Å². The Bertz CT molecular complexity index is 214. The normalized spacial score (nSPS) is 46.7. The van der Waals surface area contributed by atoms with Crippen molar-refractivity contribution in [2.45, 2.75) is 51.1 Å². The fourth-order valence-electron chi connectivity index (χ4n) is 1.94. The van der Waals surface area contributed by atoms with Crippen LogP contribution in [0.5, 0.6) is 0 Å². The second kappa shape index (κ2) is 2.54. The van der Waals surface area contributed by atoms with Crippen molar-refractivity contribution in [1.82, 2.24) is 0 Å². The first-order valence-corrected chi connectivity index (χ1v) is 4.53. The van der Waals surface area contributed by atoms with E-state index in [2.05, 4.69) is 0 Å². The summed E-state index contributed by atoms with van der Waals surface area (Å²) in [6, 6.07) is 0. The first kappa shape index (κ1) is 8.20. The molecule has 3 atom stereocenters. The maximum absolute atomic E-state index is 11.4. The van der Waals surface area contributed by atoms with Crippen molar-refractivity contribution in [3.05, 3.63) is 0 Å². The molecular weight excluding hydrogens is 156 g/mol. The number of carbonyl (C=O) groups excluding carboxylic acids is 1. The van der Waals surface area contributed by atoms with E-state index >= 15 is 0 Å². The Balaban J connectivity index is 2.20. The Hall–Kier alpha value is -0.410. The van der Waals surface area contributed by atoms with E-state index in [9.17, 15) is 4.79 Å². The third-order valence-corrected chi connectivity index (χ3v) is 2.66. The van der Waals surface area contributed by atoms with E-state index in [1.807, 2.05) is 13.8 Å². The molecule has 0 spiro atoms. The minimum Gasteiger partial charge on any atom is -0.344 e. The molecule has 0 aromatic rings. The molecular formula is C9H14O3. The van der Waals surface area contributed by atoms with Crippen LogP contribution in [-0.2, 0) is 14.3 Å².